The molecule has 1 saturated heterocycles. The van der Waals surface area contributed by atoms with Crippen LogP contribution in [0, 0.1) is 6.92 Å². The first-order chi connectivity index (χ1) is 15.6. The molecular weight excluding hydrogens is 435 g/mol. The average molecular weight is 457 g/mol. The van der Waals surface area contributed by atoms with Crippen molar-refractivity contribution in [2.45, 2.75) is 38.5 Å². The minimum atomic E-state index is -4.51. The number of piperidine rings is 1. The van der Waals surface area contributed by atoms with E-state index in [1.165, 1.54) is 11.0 Å². The molecule has 0 unspecified atom stereocenters. The first-order valence-corrected chi connectivity index (χ1v) is 10.4. The Balaban J connectivity index is 1.68. The lowest BCUT2D eigenvalue weighted by molar-refractivity contribution is -0.137. The fraction of sp³-hybridized carbons (Fsp3) is 0.304. The summed E-state index contributed by atoms with van der Waals surface area (Å²) in [5, 5.41) is 3.47. The van der Waals surface area contributed by atoms with Gasteiger partial charge in [0.15, 0.2) is 0 Å². The number of carbonyl (C=O) groups is 2. The highest BCUT2D eigenvalue weighted by Crippen LogP contribution is 2.29. The number of benzene rings is 1. The number of rotatable bonds is 4. The summed E-state index contributed by atoms with van der Waals surface area (Å²) in [6.45, 7) is 2.22. The molecule has 0 saturated carbocycles. The van der Waals surface area contributed by atoms with Crippen molar-refractivity contribution in [1.29, 1.82) is 0 Å². The SMILES string of the molecule is Cc1cc2cc(C(=O)N(Cc3ccc(C(F)(F)F)cn3)[C@@H]3CCCNC3=O)ccc2nc1N. The monoisotopic (exact) mass is 457 g/mol. The number of alkyl halides is 3. The molecule has 33 heavy (non-hydrogen) atoms. The number of carbonyl (C=O) groups excluding carboxylic acids is 2. The Morgan fingerprint density at radius 2 is 2.03 bits per heavy atom. The van der Waals surface area contributed by atoms with Crippen LogP contribution >= 0.6 is 0 Å². The topological polar surface area (TPSA) is 101 Å². The van der Waals surface area contributed by atoms with Gasteiger partial charge in [0.2, 0.25) is 5.91 Å². The molecule has 172 valence electrons. The van der Waals surface area contributed by atoms with Crippen LogP contribution in [0.1, 0.15) is 40.0 Å². The molecule has 4 rings (SSSR count). The van der Waals surface area contributed by atoms with E-state index in [4.69, 9.17) is 5.73 Å². The second kappa shape index (κ2) is 8.68. The highest BCUT2D eigenvalue weighted by molar-refractivity contribution is 6.00. The normalized spacial score (nSPS) is 16.5. The summed E-state index contributed by atoms with van der Waals surface area (Å²) in [5.41, 5.74) is 6.96. The third-order valence-electron chi connectivity index (χ3n) is 5.67. The number of anilines is 1. The van der Waals surface area contributed by atoms with Crippen molar-refractivity contribution in [3.63, 3.8) is 0 Å². The molecule has 3 heterocycles. The van der Waals surface area contributed by atoms with Gasteiger partial charge in [-0.15, -0.1) is 0 Å². The lowest BCUT2D eigenvalue weighted by Crippen LogP contribution is -2.52. The van der Waals surface area contributed by atoms with E-state index in [1.54, 1.807) is 18.2 Å². The van der Waals surface area contributed by atoms with Gasteiger partial charge in [-0.25, -0.2) is 4.98 Å². The maximum absolute atomic E-state index is 13.5. The lowest BCUT2D eigenvalue weighted by Gasteiger charge is -2.33. The van der Waals surface area contributed by atoms with E-state index in [9.17, 15) is 22.8 Å². The minimum absolute atomic E-state index is 0.105. The van der Waals surface area contributed by atoms with Crippen LogP contribution in [0.5, 0.6) is 0 Å². The summed E-state index contributed by atoms with van der Waals surface area (Å²) in [7, 11) is 0. The van der Waals surface area contributed by atoms with Gasteiger partial charge in [-0.3, -0.25) is 14.6 Å². The predicted molar refractivity (Wildman–Crippen MR) is 116 cm³/mol. The van der Waals surface area contributed by atoms with Gasteiger partial charge in [0, 0.05) is 23.7 Å². The zero-order valence-electron chi connectivity index (χ0n) is 17.8. The molecule has 10 heteroatoms. The summed E-state index contributed by atoms with van der Waals surface area (Å²) in [6.07, 6.45) is -2.65. The highest BCUT2D eigenvalue weighted by atomic mass is 19.4. The number of nitrogens with zero attached hydrogens (tertiary/aromatic N) is 3. The third-order valence-corrected chi connectivity index (χ3v) is 5.67. The van der Waals surface area contributed by atoms with Gasteiger partial charge in [-0.05, 0) is 61.7 Å². The smallest absolute Gasteiger partial charge is 0.383 e. The van der Waals surface area contributed by atoms with Crippen LogP contribution in [-0.4, -0.2) is 39.3 Å². The van der Waals surface area contributed by atoms with Crippen molar-refractivity contribution in [3.8, 4) is 0 Å². The number of aryl methyl sites for hydroxylation is 1. The zero-order chi connectivity index (χ0) is 23.8. The molecule has 0 radical (unpaired) electrons. The molecule has 1 fully saturated rings. The van der Waals surface area contributed by atoms with Crippen LogP contribution in [0.4, 0.5) is 19.0 Å². The molecule has 3 aromatic rings. The van der Waals surface area contributed by atoms with Gasteiger partial charge in [-0.1, -0.05) is 0 Å². The number of nitrogen functional groups attached to an aromatic ring is 1. The lowest BCUT2D eigenvalue weighted by atomic mass is 10.0. The Kier molecular flexibility index (Phi) is 5.92. The van der Waals surface area contributed by atoms with Crippen molar-refractivity contribution in [2.75, 3.05) is 12.3 Å². The predicted octanol–water partition coefficient (Wildman–Crippen LogP) is 3.46. The molecular formula is C23H22F3N5O2. The summed E-state index contributed by atoms with van der Waals surface area (Å²) in [6, 6.07) is 8.15. The second-order valence-corrected chi connectivity index (χ2v) is 8.02. The van der Waals surface area contributed by atoms with Gasteiger partial charge in [-0.2, -0.15) is 13.2 Å². The van der Waals surface area contributed by atoms with Crippen LogP contribution in [0.2, 0.25) is 0 Å². The Bertz CT molecular complexity index is 1210. The summed E-state index contributed by atoms with van der Waals surface area (Å²) >= 11 is 0. The molecule has 0 spiro atoms. The van der Waals surface area contributed by atoms with Crippen molar-refractivity contribution >= 4 is 28.5 Å². The number of fused-ring (bicyclic) bond motifs is 1. The summed E-state index contributed by atoms with van der Waals surface area (Å²) < 4.78 is 38.7. The minimum Gasteiger partial charge on any atom is -0.383 e. The van der Waals surface area contributed by atoms with Crippen molar-refractivity contribution in [3.05, 3.63) is 65.0 Å². The molecule has 0 aliphatic carbocycles. The Hall–Kier alpha value is -3.69. The van der Waals surface area contributed by atoms with E-state index >= 15 is 0 Å². The zero-order valence-corrected chi connectivity index (χ0v) is 17.8. The standard InChI is InChI=1S/C23H22F3N5O2/c1-13-9-15-10-14(4-7-18(15)30-20(13)27)22(33)31(19-3-2-8-28-21(19)32)12-17-6-5-16(11-29-17)23(24,25)26/h4-7,9-11,19H,2-3,8,12H2,1H3,(H2,27,30)(H,28,32)/t19-/m1/s1. The highest BCUT2D eigenvalue weighted by Gasteiger charge is 2.34. The van der Waals surface area contributed by atoms with Crippen molar-refractivity contribution in [2.24, 2.45) is 0 Å². The van der Waals surface area contributed by atoms with Crippen LogP contribution in [0.25, 0.3) is 10.9 Å². The molecule has 2 amide bonds. The van der Waals surface area contributed by atoms with E-state index in [0.717, 1.165) is 17.8 Å². The molecule has 7 nitrogen and oxygen atoms in total. The van der Waals surface area contributed by atoms with Gasteiger partial charge in [0.05, 0.1) is 23.3 Å². The fourth-order valence-corrected chi connectivity index (χ4v) is 3.83. The second-order valence-electron chi connectivity index (χ2n) is 8.02. The average Bonchev–Trinajstić information content (AvgIpc) is 2.78. The molecule has 3 N–H and O–H groups in total. The van der Waals surface area contributed by atoms with Gasteiger partial charge in [0.25, 0.3) is 5.91 Å². The summed E-state index contributed by atoms with van der Waals surface area (Å²) in [5.74, 6) is -0.321. The van der Waals surface area contributed by atoms with E-state index in [1.807, 2.05) is 13.0 Å². The maximum Gasteiger partial charge on any atom is 0.417 e. The van der Waals surface area contributed by atoms with E-state index in [2.05, 4.69) is 15.3 Å². The van der Waals surface area contributed by atoms with Crippen LogP contribution in [0.15, 0.2) is 42.6 Å². The van der Waals surface area contributed by atoms with Gasteiger partial charge < -0.3 is 16.0 Å². The molecule has 1 atom stereocenters. The number of hydrogen-bond acceptors (Lipinski definition) is 5. The number of pyridine rings is 2. The summed E-state index contributed by atoms with van der Waals surface area (Å²) in [4.78, 5) is 35.6. The Morgan fingerprint density at radius 3 is 2.70 bits per heavy atom. The number of halogens is 3. The molecule has 0 bridgehead atoms. The number of nitrogens with one attached hydrogen (secondary N) is 1. The van der Waals surface area contributed by atoms with Crippen molar-refractivity contribution in [1.82, 2.24) is 20.2 Å². The number of hydrogen-bond donors (Lipinski definition) is 2. The Morgan fingerprint density at radius 1 is 1.24 bits per heavy atom. The molecule has 1 aliphatic heterocycles. The van der Waals surface area contributed by atoms with Crippen LogP contribution < -0.4 is 11.1 Å². The molecule has 1 aromatic carbocycles. The first kappa shape index (κ1) is 22.5. The fourth-order valence-electron chi connectivity index (χ4n) is 3.83. The number of amides is 2. The quantitative estimate of drug-likeness (QED) is 0.625. The molecule has 1 aliphatic rings. The van der Waals surface area contributed by atoms with Gasteiger partial charge in [0.1, 0.15) is 11.9 Å². The van der Waals surface area contributed by atoms with Crippen LogP contribution in [0.3, 0.4) is 0 Å². The molecule has 2 aromatic heterocycles. The maximum atomic E-state index is 13.5. The number of aromatic nitrogens is 2. The van der Waals surface area contributed by atoms with Gasteiger partial charge >= 0.3 is 6.18 Å². The third kappa shape index (κ3) is 4.74. The first-order valence-electron chi connectivity index (χ1n) is 10.4. The van der Waals surface area contributed by atoms with E-state index in [0.29, 0.717) is 41.7 Å². The Labute approximate surface area is 187 Å². The van der Waals surface area contributed by atoms with Crippen molar-refractivity contribution < 1.29 is 22.8 Å². The van der Waals surface area contributed by atoms with E-state index < -0.39 is 23.7 Å². The van der Waals surface area contributed by atoms with E-state index in [-0.39, 0.29) is 18.1 Å². The largest absolute Gasteiger partial charge is 0.417 e. The number of nitrogens with two attached hydrogens (primary N) is 1. The van der Waals surface area contributed by atoms with Crippen LogP contribution in [-0.2, 0) is 17.5 Å².